The van der Waals surface area contributed by atoms with Gasteiger partial charge in [-0.2, -0.15) is 0 Å². The van der Waals surface area contributed by atoms with E-state index in [-0.39, 0.29) is 18.3 Å². The summed E-state index contributed by atoms with van der Waals surface area (Å²) in [4.78, 5) is 30.4. The molecule has 0 aliphatic rings. The fourth-order valence-corrected chi connectivity index (χ4v) is 4.45. The zero-order valence-electron chi connectivity index (χ0n) is 18.5. The van der Waals surface area contributed by atoms with Crippen LogP contribution in [-0.4, -0.2) is 23.3 Å². The Balaban J connectivity index is 1.30. The average molecular weight is 457 g/mol. The van der Waals surface area contributed by atoms with Crippen molar-refractivity contribution in [1.29, 1.82) is 0 Å². The van der Waals surface area contributed by atoms with Crippen molar-refractivity contribution in [3.05, 3.63) is 106 Å². The average Bonchev–Trinajstić information content (AvgIpc) is 3.22. The number of carbonyl (C=O) groups is 2. The van der Waals surface area contributed by atoms with E-state index < -0.39 is 0 Å². The Bertz CT molecular complexity index is 1260. The molecule has 4 aromatic rings. The molecule has 0 bridgehead atoms. The summed E-state index contributed by atoms with van der Waals surface area (Å²) in [6.45, 7) is 4.32. The van der Waals surface area contributed by atoms with E-state index in [2.05, 4.69) is 29.4 Å². The molecule has 0 saturated carbocycles. The van der Waals surface area contributed by atoms with Crippen LogP contribution in [0.25, 0.3) is 10.6 Å². The van der Waals surface area contributed by atoms with Crippen molar-refractivity contribution in [3.8, 4) is 16.3 Å². The zero-order chi connectivity index (χ0) is 23.2. The van der Waals surface area contributed by atoms with Gasteiger partial charge in [0, 0.05) is 21.6 Å². The van der Waals surface area contributed by atoms with Crippen LogP contribution in [0.2, 0.25) is 0 Å². The molecule has 0 radical (unpaired) electrons. The van der Waals surface area contributed by atoms with Crippen molar-refractivity contribution in [2.45, 2.75) is 20.4 Å². The zero-order valence-corrected chi connectivity index (χ0v) is 19.3. The summed E-state index contributed by atoms with van der Waals surface area (Å²) in [5.41, 5.74) is 4.41. The number of aromatic nitrogens is 1. The number of thiazole rings is 1. The third-order valence-electron chi connectivity index (χ3n) is 5.24. The Morgan fingerprint density at radius 1 is 0.879 bits per heavy atom. The number of nitrogens with zero attached hydrogens (tertiary/aromatic N) is 1. The molecule has 33 heavy (non-hydrogen) atoms. The molecule has 0 fully saturated rings. The van der Waals surface area contributed by atoms with Gasteiger partial charge in [-0.1, -0.05) is 54.6 Å². The summed E-state index contributed by atoms with van der Waals surface area (Å²) in [5.74, 6) is 0.264. The number of ether oxygens (including phenoxy) is 1. The van der Waals surface area contributed by atoms with Crippen LogP contribution in [0, 0.1) is 13.8 Å². The molecule has 1 amide bonds. The number of hydrogen-bond donors (Lipinski definition) is 1. The van der Waals surface area contributed by atoms with E-state index in [1.54, 1.807) is 47.7 Å². The molecule has 0 saturated heterocycles. The third kappa shape index (κ3) is 5.54. The van der Waals surface area contributed by atoms with Crippen molar-refractivity contribution < 1.29 is 14.3 Å². The highest BCUT2D eigenvalue weighted by atomic mass is 32.1. The minimum Gasteiger partial charge on any atom is -0.484 e. The third-order valence-corrected chi connectivity index (χ3v) is 6.43. The maximum Gasteiger partial charge on any atom is 0.258 e. The van der Waals surface area contributed by atoms with Gasteiger partial charge in [0.25, 0.3) is 5.91 Å². The maximum atomic E-state index is 12.5. The van der Waals surface area contributed by atoms with E-state index >= 15 is 0 Å². The molecule has 0 aliphatic carbocycles. The number of benzene rings is 3. The molecule has 166 valence electrons. The first kappa shape index (κ1) is 22.4. The quantitative estimate of drug-likeness (QED) is 0.363. The van der Waals surface area contributed by atoms with Gasteiger partial charge in [0.15, 0.2) is 12.4 Å². The van der Waals surface area contributed by atoms with Gasteiger partial charge in [-0.3, -0.25) is 9.59 Å². The topological polar surface area (TPSA) is 68.3 Å². The monoisotopic (exact) mass is 456 g/mol. The number of nitrogens with one attached hydrogen (secondary N) is 1. The predicted molar refractivity (Wildman–Crippen MR) is 131 cm³/mol. The van der Waals surface area contributed by atoms with Gasteiger partial charge in [0.2, 0.25) is 0 Å². The lowest BCUT2D eigenvalue weighted by Gasteiger charge is -2.08. The highest BCUT2D eigenvalue weighted by molar-refractivity contribution is 7.15. The first-order valence-electron chi connectivity index (χ1n) is 10.6. The normalized spacial score (nSPS) is 10.6. The Hall–Kier alpha value is -3.77. The largest absolute Gasteiger partial charge is 0.484 e. The molecule has 1 N–H and O–H groups in total. The Morgan fingerprint density at radius 3 is 2.27 bits per heavy atom. The van der Waals surface area contributed by atoms with Crippen LogP contribution in [0.1, 0.15) is 32.1 Å². The second-order valence-corrected chi connectivity index (χ2v) is 8.71. The van der Waals surface area contributed by atoms with Gasteiger partial charge >= 0.3 is 0 Å². The van der Waals surface area contributed by atoms with Crippen LogP contribution in [0.3, 0.4) is 0 Å². The molecule has 6 heteroatoms. The standard InChI is InChI=1S/C27H24N2O3S/c1-18-8-6-7-11-23(18)27-29-19(2)24(33-27)16-28-25(30)17-32-22-14-12-21(13-15-22)26(31)20-9-4-3-5-10-20/h3-15H,16-17H2,1-2H3,(H,28,30). The summed E-state index contributed by atoms with van der Waals surface area (Å²) < 4.78 is 5.58. The highest BCUT2D eigenvalue weighted by Crippen LogP contribution is 2.30. The SMILES string of the molecule is Cc1ccccc1-c1nc(C)c(CNC(=O)COc2ccc(C(=O)c3ccccc3)cc2)s1. The van der Waals surface area contributed by atoms with Gasteiger partial charge in [-0.25, -0.2) is 4.98 Å². The molecule has 0 spiro atoms. The predicted octanol–water partition coefficient (Wildman–Crippen LogP) is 5.35. The van der Waals surface area contributed by atoms with Gasteiger partial charge in [-0.15, -0.1) is 11.3 Å². The lowest BCUT2D eigenvalue weighted by Crippen LogP contribution is -2.28. The van der Waals surface area contributed by atoms with Gasteiger partial charge in [0.1, 0.15) is 10.8 Å². The molecule has 4 rings (SSSR count). The fourth-order valence-electron chi connectivity index (χ4n) is 3.36. The van der Waals surface area contributed by atoms with Crippen molar-refractivity contribution >= 4 is 23.0 Å². The Labute approximate surface area is 197 Å². The van der Waals surface area contributed by atoms with Gasteiger partial charge in [0.05, 0.1) is 12.2 Å². The highest BCUT2D eigenvalue weighted by Gasteiger charge is 2.13. The molecule has 0 unspecified atom stereocenters. The van der Waals surface area contributed by atoms with Gasteiger partial charge < -0.3 is 10.1 Å². The molecular weight excluding hydrogens is 432 g/mol. The van der Waals surface area contributed by atoms with Crippen molar-refractivity contribution in [2.24, 2.45) is 0 Å². The van der Waals surface area contributed by atoms with Crippen LogP contribution in [0.4, 0.5) is 0 Å². The van der Waals surface area contributed by atoms with E-state index in [0.717, 1.165) is 21.1 Å². The summed E-state index contributed by atoms with van der Waals surface area (Å²) >= 11 is 1.59. The van der Waals surface area contributed by atoms with Crippen LogP contribution in [0.15, 0.2) is 78.9 Å². The molecular formula is C27H24N2O3S. The first-order chi connectivity index (χ1) is 16.0. The number of rotatable bonds is 8. The minimum absolute atomic E-state index is 0.0510. The van der Waals surface area contributed by atoms with Crippen LogP contribution in [0.5, 0.6) is 5.75 Å². The number of ketones is 1. The smallest absolute Gasteiger partial charge is 0.258 e. The summed E-state index contributed by atoms with van der Waals surface area (Å²) in [5, 5.41) is 3.85. The second-order valence-electron chi connectivity index (χ2n) is 7.63. The number of hydrogen-bond acceptors (Lipinski definition) is 5. The summed E-state index contributed by atoms with van der Waals surface area (Å²) in [7, 11) is 0. The fraction of sp³-hybridized carbons (Fsp3) is 0.148. The first-order valence-corrected chi connectivity index (χ1v) is 11.4. The Kier molecular flexibility index (Phi) is 6.95. The minimum atomic E-state index is -0.218. The van der Waals surface area contributed by atoms with Crippen molar-refractivity contribution in [2.75, 3.05) is 6.61 Å². The summed E-state index contributed by atoms with van der Waals surface area (Å²) in [6, 6.07) is 24.1. The van der Waals surface area contributed by atoms with E-state index in [9.17, 15) is 9.59 Å². The lowest BCUT2D eigenvalue weighted by molar-refractivity contribution is -0.123. The van der Waals surface area contributed by atoms with E-state index in [0.29, 0.717) is 23.4 Å². The number of carbonyl (C=O) groups excluding carboxylic acids is 2. The maximum absolute atomic E-state index is 12.5. The molecule has 0 atom stereocenters. The van der Waals surface area contributed by atoms with Crippen LogP contribution >= 0.6 is 11.3 Å². The molecule has 5 nitrogen and oxygen atoms in total. The van der Waals surface area contributed by atoms with E-state index in [1.807, 2.05) is 37.3 Å². The van der Waals surface area contributed by atoms with Crippen LogP contribution < -0.4 is 10.1 Å². The molecule has 1 aromatic heterocycles. The van der Waals surface area contributed by atoms with Crippen molar-refractivity contribution in [3.63, 3.8) is 0 Å². The van der Waals surface area contributed by atoms with Crippen molar-refractivity contribution in [1.82, 2.24) is 10.3 Å². The second kappa shape index (κ2) is 10.2. The molecule has 1 heterocycles. The lowest BCUT2D eigenvalue weighted by atomic mass is 10.0. The molecule has 3 aromatic carbocycles. The Morgan fingerprint density at radius 2 is 1.55 bits per heavy atom. The molecule has 0 aliphatic heterocycles. The number of amides is 1. The van der Waals surface area contributed by atoms with E-state index in [4.69, 9.17) is 4.74 Å². The van der Waals surface area contributed by atoms with Crippen LogP contribution in [-0.2, 0) is 11.3 Å². The van der Waals surface area contributed by atoms with E-state index in [1.165, 1.54) is 5.56 Å². The summed E-state index contributed by atoms with van der Waals surface area (Å²) in [6.07, 6.45) is 0. The number of aryl methyl sites for hydroxylation is 2. The van der Waals surface area contributed by atoms with Gasteiger partial charge in [-0.05, 0) is 43.7 Å².